The Morgan fingerprint density at radius 1 is 1.30 bits per heavy atom. The highest BCUT2D eigenvalue weighted by Crippen LogP contribution is 2.38. The van der Waals surface area contributed by atoms with Crippen LogP contribution in [0.15, 0.2) is 40.9 Å². The fourth-order valence-corrected chi connectivity index (χ4v) is 2.39. The maximum atomic E-state index is 11.0. The van der Waals surface area contributed by atoms with E-state index in [4.69, 9.17) is 27.9 Å². The Hall–Kier alpha value is -1.30. The molecule has 0 fully saturated rings. The van der Waals surface area contributed by atoms with E-state index >= 15 is 0 Å². The Kier molecular flexibility index (Phi) is 4.86. The van der Waals surface area contributed by atoms with Gasteiger partial charge in [-0.1, -0.05) is 39.7 Å². The van der Waals surface area contributed by atoms with Crippen molar-refractivity contribution in [2.24, 2.45) is 0 Å². The maximum absolute atomic E-state index is 11.0. The van der Waals surface area contributed by atoms with Crippen molar-refractivity contribution in [3.8, 4) is 11.5 Å². The Morgan fingerprint density at radius 3 is 2.70 bits per heavy atom. The number of nitro benzene ring substituents is 1. The van der Waals surface area contributed by atoms with Crippen LogP contribution in [0.2, 0.25) is 5.02 Å². The lowest BCUT2D eigenvalue weighted by Crippen LogP contribution is -1.96. The molecule has 0 aliphatic carbocycles. The number of nitro groups is 1. The van der Waals surface area contributed by atoms with E-state index in [9.17, 15) is 10.1 Å². The lowest BCUT2D eigenvalue weighted by Gasteiger charge is -2.11. The van der Waals surface area contributed by atoms with E-state index in [1.54, 1.807) is 24.3 Å². The quantitative estimate of drug-likeness (QED) is 0.399. The Morgan fingerprint density at radius 2 is 2.05 bits per heavy atom. The third-order valence-electron chi connectivity index (χ3n) is 2.52. The summed E-state index contributed by atoms with van der Waals surface area (Å²) in [5.41, 5.74) is 0.510. The number of nitrogens with zero attached hydrogens (tertiary/aromatic N) is 1. The summed E-state index contributed by atoms with van der Waals surface area (Å²) in [7, 11) is 0. The van der Waals surface area contributed by atoms with Gasteiger partial charge in [0.05, 0.1) is 15.8 Å². The first kappa shape index (κ1) is 15.1. The SMILES string of the molecule is O=[N+]([O-])c1cc(Br)ccc1Oc1c(Cl)cccc1CCl. The molecule has 0 saturated heterocycles. The summed E-state index contributed by atoms with van der Waals surface area (Å²) in [6.07, 6.45) is 0. The van der Waals surface area contributed by atoms with Gasteiger partial charge >= 0.3 is 5.69 Å². The van der Waals surface area contributed by atoms with Crippen LogP contribution in [0.5, 0.6) is 11.5 Å². The summed E-state index contributed by atoms with van der Waals surface area (Å²) in [5.74, 6) is 0.632. The number of ether oxygens (including phenoxy) is 1. The molecule has 0 spiro atoms. The fraction of sp³-hybridized carbons (Fsp3) is 0.0769. The molecule has 4 nitrogen and oxygen atoms in total. The zero-order valence-electron chi connectivity index (χ0n) is 9.98. The summed E-state index contributed by atoms with van der Waals surface area (Å²) in [5, 5.41) is 11.4. The molecule has 0 bridgehead atoms. The van der Waals surface area contributed by atoms with Crippen LogP contribution in [0.25, 0.3) is 0 Å². The number of hydrogen-bond acceptors (Lipinski definition) is 3. The van der Waals surface area contributed by atoms with Crippen LogP contribution in [0.3, 0.4) is 0 Å². The van der Waals surface area contributed by atoms with Gasteiger partial charge in [-0.3, -0.25) is 10.1 Å². The maximum Gasteiger partial charge on any atom is 0.312 e. The molecule has 0 radical (unpaired) electrons. The van der Waals surface area contributed by atoms with Gasteiger partial charge in [0, 0.05) is 16.1 Å². The molecule has 2 rings (SSSR count). The molecule has 0 aliphatic heterocycles. The first-order valence-electron chi connectivity index (χ1n) is 5.48. The van der Waals surface area contributed by atoms with Gasteiger partial charge in [-0.05, 0) is 18.2 Å². The number of hydrogen-bond donors (Lipinski definition) is 0. The predicted molar refractivity (Wildman–Crippen MR) is 81.9 cm³/mol. The first-order valence-corrected chi connectivity index (χ1v) is 7.18. The van der Waals surface area contributed by atoms with Crippen LogP contribution in [-0.2, 0) is 5.88 Å². The number of rotatable bonds is 4. The Labute approximate surface area is 133 Å². The highest BCUT2D eigenvalue weighted by atomic mass is 79.9. The molecule has 0 atom stereocenters. The first-order chi connectivity index (χ1) is 9.52. The zero-order valence-corrected chi connectivity index (χ0v) is 13.1. The number of alkyl halides is 1. The predicted octanol–water partition coefficient (Wildman–Crippen LogP) is 5.54. The van der Waals surface area contributed by atoms with Gasteiger partial charge in [0.2, 0.25) is 5.75 Å². The van der Waals surface area contributed by atoms with E-state index in [0.717, 1.165) is 0 Å². The minimum absolute atomic E-state index is 0.109. The molecular weight excluding hydrogens is 369 g/mol. The van der Waals surface area contributed by atoms with Gasteiger partial charge in [-0.2, -0.15) is 0 Å². The van der Waals surface area contributed by atoms with Crippen LogP contribution in [-0.4, -0.2) is 4.92 Å². The largest absolute Gasteiger partial charge is 0.448 e. The molecular formula is C13H8BrCl2NO3. The second-order valence-corrected chi connectivity index (χ2v) is 5.42. The lowest BCUT2D eigenvalue weighted by molar-refractivity contribution is -0.385. The molecule has 0 aromatic heterocycles. The average Bonchev–Trinajstić information content (AvgIpc) is 2.42. The standard InChI is InChI=1S/C13H8BrCl2NO3/c14-9-4-5-12(11(6-9)17(18)19)20-13-8(7-15)2-1-3-10(13)16/h1-6H,7H2. The molecule has 0 N–H and O–H groups in total. The molecule has 0 unspecified atom stereocenters. The van der Waals surface area contributed by atoms with Gasteiger partial charge < -0.3 is 4.74 Å². The van der Waals surface area contributed by atoms with E-state index in [1.807, 2.05) is 0 Å². The molecule has 2 aromatic carbocycles. The Balaban J connectivity index is 2.48. The van der Waals surface area contributed by atoms with Crippen LogP contribution in [0.1, 0.15) is 5.56 Å². The molecule has 0 heterocycles. The lowest BCUT2D eigenvalue weighted by atomic mass is 10.2. The normalized spacial score (nSPS) is 10.3. The second kappa shape index (κ2) is 6.43. The monoisotopic (exact) mass is 375 g/mol. The summed E-state index contributed by atoms with van der Waals surface area (Å²) in [6, 6.07) is 9.65. The molecule has 7 heteroatoms. The van der Waals surface area contributed by atoms with E-state index < -0.39 is 4.92 Å². The molecule has 104 valence electrons. The molecule has 0 saturated carbocycles. The third-order valence-corrected chi connectivity index (χ3v) is 3.60. The van der Waals surface area contributed by atoms with Crippen LogP contribution in [0, 0.1) is 10.1 Å². The highest BCUT2D eigenvalue weighted by molar-refractivity contribution is 9.10. The van der Waals surface area contributed by atoms with Crippen LogP contribution in [0.4, 0.5) is 5.69 Å². The summed E-state index contributed by atoms with van der Waals surface area (Å²) in [4.78, 5) is 10.5. The van der Waals surface area contributed by atoms with Crippen molar-refractivity contribution in [3.63, 3.8) is 0 Å². The number of para-hydroxylation sites is 1. The van der Waals surface area contributed by atoms with E-state index in [1.165, 1.54) is 12.1 Å². The van der Waals surface area contributed by atoms with Crippen LogP contribution < -0.4 is 4.74 Å². The van der Waals surface area contributed by atoms with Crippen molar-refractivity contribution >= 4 is 44.8 Å². The van der Waals surface area contributed by atoms with Crippen molar-refractivity contribution in [2.75, 3.05) is 0 Å². The summed E-state index contributed by atoms with van der Waals surface area (Å²) >= 11 is 15.1. The number of benzene rings is 2. The van der Waals surface area contributed by atoms with Crippen molar-refractivity contribution in [3.05, 3.63) is 61.6 Å². The Bertz CT molecular complexity index is 664. The van der Waals surface area contributed by atoms with Gasteiger partial charge in [0.1, 0.15) is 0 Å². The van der Waals surface area contributed by atoms with Gasteiger partial charge in [-0.25, -0.2) is 0 Å². The van der Waals surface area contributed by atoms with Crippen molar-refractivity contribution in [1.29, 1.82) is 0 Å². The van der Waals surface area contributed by atoms with E-state index in [2.05, 4.69) is 15.9 Å². The van der Waals surface area contributed by atoms with Crippen molar-refractivity contribution in [2.45, 2.75) is 5.88 Å². The smallest absolute Gasteiger partial charge is 0.312 e. The highest BCUT2D eigenvalue weighted by Gasteiger charge is 2.18. The molecule has 20 heavy (non-hydrogen) atoms. The third kappa shape index (κ3) is 3.23. The number of halogens is 3. The second-order valence-electron chi connectivity index (χ2n) is 3.83. The molecule has 0 amide bonds. The average molecular weight is 377 g/mol. The van der Waals surface area contributed by atoms with Crippen LogP contribution >= 0.6 is 39.1 Å². The van der Waals surface area contributed by atoms with E-state index in [0.29, 0.717) is 20.8 Å². The molecule has 0 aliphatic rings. The van der Waals surface area contributed by atoms with Gasteiger partial charge in [0.15, 0.2) is 5.75 Å². The topological polar surface area (TPSA) is 52.4 Å². The zero-order chi connectivity index (χ0) is 14.7. The molecule has 2 aromatic rings. The fourth-order valence-electron chi connectivity index (χ4n) is 1.60. The summed E-state index contributed by atoms with van der Waals surface area (Å²) in [6.45, 7) is 0. The van der Waals surface area contributed by atoms with Gasteiger partial charge in [0.25, 0.3) is 0 Å². The summed E-state index contributed by atoms with van der Waals surface area (Å²) < 4.78 is 6.19. The van der Waals surface area contributed by atoms with Gasteiger partial charge in [-0.15, -0.1) is 11.6 Å². The van der Waals surface area contributed by atoms with Crippen molar-refractivity contribution in [1.82, 2.24) is 0 Å². The minimum atomic E-state index is -0.517. The minimum Gasteiger partial charge on any atom is -0.448 e. The van der Waals surface area contributed by atoms with E-state index in [-0.39, 0.29) is 17.3 Å². The van der Waals surface area contributed by atoms with Crippen molar-refractivity contribution < 1.29 is 9.66 Å².